The molecule has 6 rings (SSSR count). The van der Waals surface area contributed by atoms with Crippen LogP contribution in [0.4, 0.5) is 0 Å². The number of rotatable bonds is 11. The van der Waals surface area contributed by atoms with E-state index >= 15 is 0 Å². The molecule has 4 aliphatic rings. The van der Waals surface area contributed by atoms with Crippen molar-refractivity contribution in [2.75, 3.05) is 27.1 Å². The third-order valence-corrected chi connectivity index (χ3v) is 9.81. The van der Waals surface area contributed by atoms with Crippen LogP contribution in [0.15, 0.2) is 60.3 Å². The zero-order valence-electron chi connectivity index (χ0n) is 26.7. The van der Waals surface area contributed by atoms with Crippen LogP contribution in [0.1, 0.15) is 63.0 Å². The number of hydrogen-bond acceptors (Lipinski definition) is 8. The van der Waals surface area contributed by atoms with Crippen LogP contribution in [0.2, 0.25) is 0 Å². The van der Waals surface area contributed by atoms with Gasteiger partial charge >= 0.3 is 5.97 Å². The summed E-state index contributed by atoms with van der Waals surface area (Å²) in [6.07, 6.45) is 6.58. The average Bonchev–Trinajstić information content (AvgIpc) is 3.55. The van der Waals surface area contributed by atoms with Crippen molar-refractivity contribution in [3.8, 4) is 11.5 Å². The third kappa shape index (κ3) is 6.78. The van der Waals surface area contributed by atoms with Gasteiger partial charge in [0.25, 0.3) is 0 Å². The molecule has 2 aromatic carbocycles. The summed E-state index contributed by atoms with van der Waals surface area (Å²) in [4.78, 5) is 43.1. The lowest BCUT2D eigenvalue weighted by atomic mass is 9.66. The topological polar surface area (TPSA) is 113 Å². The third-order valence-electron chi connectivity index (χ3n) is 9.81. The van der Waals surface area contributed by atoms with Crippen molar-refractivity contribution in [2.45, 2.75) is 77.2 Å². The molecular weight excluding hydrogens is 588 g/mol. The summed E-state index contributed by atoms with van der Waals surface area (Å²) >= 11 is 0. The fourth-order valence-corrected chi connectivity index (χ4v) is 7.35. The molecule has 3 heterocycles. The SMILES string of the molecule is COC(=O)[C@]12C[C@H](CC(=O)NCC3CCCCC3)C(=O)N(Cc3ccc4c(c3)OCO4)C1=C[C@H](COCc1ccccc1)O[C@@H]2C. The van der Waals surface area contributed by atoms with Gasteiger partial charge in [-0.15, -0.1) is 0 Å². The Balaban J connectivity index is 1.28. The molecule has 2 aromatic rings. The maximum atomic E-state index is 14.4. The molecule has 3 aliphatic heterocycles. The van der Waals surface area contributed by atoms with Crippen molar-refractivity contribution in [3.05, 3.63) is 71.4 Å². The van der Waals surface area contributed by atoms with Gasteiger partial charge in [-0.3, -0.25) is 14.4 Å². The molecule has 0 unspecified atom stereocenters. The van der Waals surface area contributed by atoms with Gasteiger partial charge in [-0.1, -0.05) is 55.7 Å². The number of benzene rings is 2. The number of likely N-dealkylation sites (tertiary alicyclic amines) is 1. The Bertz CT molecular complexity index is 1440. The van der Waals surface area contributed by atoms with E-state index in [-0.39, 0.29) is 44.6 Å². The Hall–Kier alpha value is -3.89. The number of nitrogens with zero attached hydrogens (tertiary/aromatic N) is 1. The van der Waals surface area contributed by atoms with Crippen LogP contribution in [0.3, 0.4) is 0 Å². The Kier molecular flexibility index (Phi) is 9.94. The van der Waals surface area contributed by atoms with E-state index in [0.717, 1.165) is 24.0 Å². The Morgan fingerprint density at radius 3 is 2.59 bits per heavy atom. The first-order chi connectivity index (χ1) is 22.4. The summed E-state index contributed by atoms with van der Waals surface area (Å²) in [5.74, 6) is 0.0663. The highest BCUT2D eigenvalue weighted by Crippen LogP contribution is 2.51. The van der Waals surface area contributed by atoms with Gasteiger partial charge in [0.15, 0.2) is 11.5 Å². The molecule has 0 spiro atoms. The number of ether oxygens (including phenoxy) is 5. The number of methoxy groups -OCH3 is 1. The Morgan fingerprint density at radius 2 is 1.80 bits per heavy atom. The lowest BCUT2D eigenvalue weighted by molar-refractivity contribution is -0.178. The van der Waals surface area contributed by atoms with Gasteiger partial charge in [0.1, 0.15) is 11.5 Å². The van der Waals surface area contributed by atoms with Crippen molar-refractivity contribution in [2.24, 2.45) is 17.3 Å². The van der Waals surface area contributed by atoms with Gasteiger partial charge in [0.05, 0.1) is 33.0 Å². The van der Waals surface area contributed by atoms with Crippen LogP contribution >= 0.6 is 0 Å². The number of hydrogen-bond donors (Lipinski definition) is 1. The summed E-state index contributed by atoms with van der Waals surface area (Å²) in [7, 11) is 1.35. The maximum absolute atomic E-state index is 14.4. The van der Waals surface area contributed by atoms with Gasteiger partial charge in [-0.2, -0.15) is 0 Å². The number of carbonyl (C=O) groups is 3. The van der Waals surface area contributed by atoms with Crippen LogP contribution < -0.4 is 14.8 Å². The van der Waals surface area contributed by atoms with Crippen molar-refractivity contribution >= 4 is 17.8 Å². The summed E-state index contributed by atoms with van der Waals surface area (Å²) in [5.41, 5.74) is 1.07. The smallest absolute Gasteiger partial charge is 0.320 e. The Morgan fingerprint density at radius 1 is 1.02 bits per heavy atom. The molecule has 1 aliphatic carbocycles. The van der Waals surface area contributed by atoms with Gasteiger partial charge in [-0.25, -0.2) is 0 Å². The molecule has 0 aromatic heterocycles. The van der Waals surface area contributed by atoms with Crippen LogP contribution in [0.25, 0.3) is 0 Å². The first-order valence-electron chi connectivity index (χ1n) is 16.4. The van der Waals surface area contributed by atoms with E-state index in [2.05, 4.69) is 5.32 Å². The summed E-state index contributed by atoms with van der Waals surface area (Å²) in [5, 5.41) is 3.08. The number of esters is 1. The molecule has 0 radical (unpaired) electrons. The average molecular weight is 633 g/mol. The van der Waals surface area contributed by atoms with Crippen LogP contribution in [0.5, 0.6) is 11.5 Å². The minimum absolute atomic E-state index is 0.0223. The second-order valence-corrected chi connectivity index (χ2v) is 12.9. The molecular formula is C36H44N2O8. The molecule has 10 nitrogen and oxygen atoms in total. The number of carbonyl (C=O) groups excluding carboxylic acids is 3. The van der Waals surface area contributed by atoms with E-state index in [4.69, 9.17) is 23.7 Å². The summed E-state index contributed by atoms with van der Waals surface area (Å²) < 4.78 is 28.9. The van der Waals surface area contributed by atoms with E-state index in [1.807, 2.05) is 61.5 Å². The normalized spacial score (nSPS) is 25.9. The van der Waals surface area contributed by atoms with Crippen LogP contribution in [-0.4, -0.2) is 61.9 Å². The predicted octanol–water partition coefficient (Wildman–Crippen LogP) is 4.90. The molecule has 246 valence electrons. The second kappa shape index (κ2) is 14.3. The van der Waals surface area contributed by atoms with Crippen molar-refractivity contribution < 1.29 is 38.1 Å². The lowest BCUT2D eigenvalue weighted by Gasteiger charge is -2.51. The van der Waals surface area contributed by atoms with Gasteiger partial charge in [0, 0.05) is 24.6 Å². The lowest BCUT2D eigenvalue weighted by Crippen LogP contribution is -2.60. The predicted molar refractivity (Wildman–Crippen MR) is 168 cm³/mol. The largest absolute Gasteiger partial charge is 0.468 e. The second-order valence-electron chi connectivity index (χ2n) is 12.9. The zero-order valence-corrected chi connectivity index (χ0v) is 26.7. The maximum Gasteiger partial charge on any atom is 0.320 e. The fraction of sp³-hybridized carbons (Fsp3) is 0.528. The van der Waals surface area contributed by atoms with E-state index < -0.39 is 29.5 Å². The zero-order chi connectivity index (χ0) is 32.1. The van der Waals surface area contributed by atoms with Crippen molar-refractivity contribution in [1.82, 2.24) is 10.2 Å². The molecule has 1 saturated heterocycles. The highest BCUT2D eigenvalue weighted by molar-refractivity contribution is 5.92. The van der Waals surface area contributed by atoms with Crippen LogP contribution in [-0.2, 0) is 41.7 Å². The summed E-state index contributed by atoms with van der Waals surface area (Å²) in [6.45, 7) is 3.39. The molecule has 1 N–H and O–H groups in total. The number of nitrogens with one attached hydrogen (secondary N) is 1. The Labute approximate surface area is 270 Å². The van der Waals surface area contributed by atoms with E-state index in [0.29, 0.717) is 36.3 Å². The van der Waals surface area contributed by atoms with Crippen molar-refractivity contribution in [1.29, 1.82) is 0 Å². The van der Waals surface area contributed by atoms with Crippen molar-refractivity contribution in [3.63, 3.8) is 0 Å². The fourth-order valence-electron chi connectivity index (χ4n) is 7.35. The highest BCUT2D eigenvalue weighted by atomic mass is 16.7. The molecule has 1 saturated carbocycles. The number of amides is 2. The summed E-state index contributed by atoms with van der Waals surface area (Å²) in [6, 6.07) is 15.4. The van der Waals surface area contributed by atoms with Gasteiger partial charge in [-0.05, 0) is 61.4 Å². The molecule has 10 heteroatoms. The number of piperidine rings is 1. The standard InChI is InChI=1S/C36H44N2O8/c1-24-36(35(41)42-2)18-28(16-33(39)37-19-25-9-5-3-6-10-25)34(40)38(20-27-13-14-30-31(15-27)45-23-44-30)32(36)17-29(46-24)22-43-21-26-11-7-4-8-12-26/h4,7-8,11-15,17,24-25,28-29H,3,5-6,9-10,16,18-23H2,1-2H3,(H,37,39)/t24-,28+,29-,36+/m1/s1. The first-order valence-corrected chi connectivity index (χ1v) is 16.4. The van der Waals surface area contributed by atoms with Gasteiger partial charge < -0.3 is 33.9 Å². The van der Waals surface area contributed by atoms with E-state index in [9.17, 15) is 14.4 Å². The molecule has 0 bridgehead atoms. The highest BCUT2D eigenvalue weighted by Gasteiger charge is 2.59. The molecule has 46 heavy (non-hydrogen) atoms. The first kappa shape index (κ1) is 32.1. The number of fused-ring (bicyclic) bond motifs is 2. The molecule has 2 amide bonds. The molecule has 2 fully saturated rings. The minimum atomic E-state index is -1.29. The van der Waals surface area contributed by atoms with E-state index in [1.165, 1.54) is 26.4 Å². The monoisotopic (exact) mass is 632 g/mol. The van der Waals surface area contributed by atoms with Gasteiger partial charge in [0.2, 0.25) is 18.6 Å². The van der Waals surface area contributed by atoms with E-state index in [1.54, 1.807) is 4.90 Å². The minimum Gasteiger partial charge on any atom is -0.468 e. The quantitative estimate of drug-likeness (QED) is 0.349. The van der Waals surface area contributed by atoms with Crippen LogP contribution in [0, 0.1) is 17.3 Å². The molecule has 4 atom stereocenters.